The first-order chi connectivity index (χ1) is 10.6. The van der Waals surface area contributed by atoms with Crippen LogP contribution >= 0.6 is 0 Å². The van der Waals surface area contributed by atoms with Crippen molar-refractivity contribution in [3.8, 4) is 5.75 Å². The molecule has 1 aromatic carbocycles. The van der Waals surface area contributed by atoms with Gasteiger partial charge in [0, 0.05) is 24.1 Å². The number of rotatable bonds is 6. The number of hydrogen-bond acceptors (Lipinski definition) is 3. The van der Waals surface area contributed by atoms with Gasteiger partial charge in [-0.2, -0.15) is 0 Å². The Labute approximate surface area is 133 Å². The molecule has 1 fully saturated rings. The lowest BCUT2D eigenvalue weighted by Gasteiger charge is -2.37. The number of benzene rings is 1. The number of carbonyl (C=O) groups excluding carboxylic acids is 1. The number of nitrogens with zero attached hydrogens (tertiary/aromatic N) is 1. The van der Waals surface area contributed by atoms with E-state index in [-0.39, 0.29) is 11.3 Å². The minimum absolute atomic E-state index is 0.208. The molecule has 1 saturated heterocycles. The predicted molar refractivity (Wildman–Crippen MR) is 88.8 cm³/mol. The second-order valence-electron chi connectivity index (χ2n) is 6.10. The van der Waals surface area contributed by atoms with Gasteiger partial charge < -0.3 is 15.0 Å². The molecule has 0 unspecified atom stereocenters. The van der Waals surface area contributed by atoms with Gasteiger partial charge in [-0.05, 0) is 32.0 Å². The first-order valence-electron chi connectivity index (χ1n) is 7.83. The van der Waals surface area contributed by atoms with Crippen LogP contribution in [0.5, 0.6) is 5.75 Å². The van der Waals surface area contributed by atoms with E-state index in [4.69, 9.17) is 4.74 Å². The summed E-state index contributed by atoms with van der Waals surface area (Å²) in [6, 6.07) is 7.85. The minimum Gasteiger partial charge on any atom is -0.496 e. The van der Waals surface area contributed by atoms with Crippen LogP contribution in [-0.4, -0.2) is 37.6 Å². The van der Waals surface area contributed by atoms with Gasteiger partial charge in [-0.25, -0.2) is 0 Å². The first-order valence-corrected chi connectivity index (χ1v) is 7.83. The standard InChI is InChI=1S/C18H26N2O2/c1-4-13-20(14-15-7-5-6-8-16(15)22-3)17(21)18(2)9-11-19-12-10-18/h4-8,19H,1,9-14H2,2-3H3. The average molecular weight is 302 g/mol. The smallest absolute Gasteiger partial charge is 0.229 e. The molecule has 0 aromatic heterocycles. The van der Waals surface area contributed by atoms with Gasteiger partial charge in [0.05, 0.1) is 7.11 Å². The molecule has 1 aromatic rings. The van der Waals surface area contributed by atoms with E-state index in [0.29, 0.717) is 13.1 Å². The number of nitrogens with one attached hydrogen (secondary N) is 1. The third kappa shape index (κ3) is 3.69. The van der Waals surface area contributed by atoms with E-state index >= 15 is 0 Å². The quantitative estimate of drug-likeness (QED) is 0.821. The van der Waals surface area contributed by atoms with E-state index in [2.05, 4.69) is 18.8 Å². The molecular formula is C18H26N2O2. The van der Waals surface area contributed by atoms with Gasteiger partial charge in [0.2, 0.25) is 5.91 Å². The molecule has 4 heteroatoms. The van der Waals surface area contributed by atoms with Crippen molar-refractivity contribution in [3.05, 3.63) is 42.5 Å². The Hall–Kier alpha value is -1.81. The average Bonchev–Trinajstić information content (AvgIpc) is 2.55. The van der Waals surface area contributed by atoms with Crippen molar-refractivity contribution in [1.82, 2.24) is 10.2 Å². The van der Waals surface area contributed by atoms with Crippen LogP contribution in [0, 0.1) is 5.41 Å². The maximum Gasteiger partial charge on any atom is 0.229 e. The van der Waals surface area contributed by atoms with Gasteiger partial charge in [-0.1, -0.05) is 31.2 Å². The fourth-order valence-electron chi connectivity index (χ4n) is 2.99. The molecule has 1 amide bonds. The molecule has 22 heavy (non-hydrogen) atoms. The van der Waals surface area contributed by atoms with E-state index in [1.807, 2.05) is 29.2 Å². The summed E-state index contributed by atoms with van der Waals surface area (Å²) in [4.78, 5) is 14.9. The van der Waals surface area contributed by atoms with Gasteiger partial charge >= 0.3 is 0 Å². The fraction of sp³-hybridized carbons (Fsp3) is 0.500. The summed E-state index contributed by atoms with van der Waals surface area (Å²) in [5, 5.41) is 3.32. The first kappa shape index (κ1) is 16.6. The Balaban J connectivity index is 2.18. The zero-order chi connectivity index (χ0) is 16.0. The highest BCUT2D eigenvalue weighted by Gasteiger charge is 2.37. The molecule has 2 rings (SSSR count). The van der Waals surface area contributed by atoms with Gasteiger partial charge in [0.1, 0.15) is 5.75 Å². The SMILES string of the molecule is C=CCN(Cc1ccccc1OC)C(=O)C1(C)CCNCC1. The Morgan fingerprint density at radius 3 is 2.73 bits per heavy atom. The molecule has 1 N–H and O–H groups in total. The van der Waals surface area contributed by atoms with Crippen molar-refractivity contribution in [2.24, 2.45) is 5.41 Å². The molecule has 0 radical (unpaired) electrons. The van der Waals surface area contributed by atoms with Crippen molar-refractivity contribution in [2.45, 2.75) is 26.3 Å². The lowest BCUT2D eigenvalue weighted by atomic mass is 9.79. The van der Waals surface area contributed by atoms with Crippen LogP contribution in [0.25, 0.3) is 0 Å². The summed E-state index contributed by atoms with van der Waals surface area (Å²) in [7, 11) is 1.66. The number of hydrogen-bond donors (Lipinski definition) is 1. The summed E-state index contributed by atoms with van der Waals surface area (Å²) in [5.41, 5.74) is 0.744. The third-order valence-electron chi connectivity index (χ3n) is 4.41. The zero-order valence-corrected chi connectivity index (χ0v) is 13.6. The minimum atomic E-state index is -0.281. The molecule has 0 spiro atoms. The lowest BCUT2D eigenvalue weighted by molar-refractivity contribution is -0.142. The van der Waals surface area contributed by atoms with Crippen molar-refractivity contribution >= 4 is 5.91 Å². The Morgan fingerprint density at radius 1 is 1.41 bits per heavy atom. The van der Waals surface area contributed by atoms with Crippen LogP contribution in [0.2, 0.25) is 0 Å². The summed E-state index contributed by atoms with van der Waals surface area (Å²) >= 11 is 0. The van der Waals surface area contributed by atoms with Crippen LogP contribution in [0.4, 0.5) is 0 Å². The highest BCUT2D eigenvalue weighted by atomic mass is 16.5. The molecule has 0 aliphatic carbocycles. The Bertz CT molecular complexity index is 522. The van der Waals surface area contributed by atoms with Crippen LogP contribution in [0.15, 0.2) is 36.9 Å². The Kier molecular flexibility index (Phi) is 5.61. The molecule has 0 atom stereocenters. The van der Waals surface area contributed by atoms with Gasteiger partial charge in [0.25, 0.3) is 0 Å². The van der Waals surface area contributed by atoms with Crippen molar-refractivity contribution in [3.63, 3.8) is 0 Å². The summed E-state index contributed by atoms with van der Waals surface area (Å²) in [6.07, 6.45) is 3.55. The topological polar surface area (TPSA) is 41.6 Å². The largest absolute Gasteiger partial charge is 0.496 e. The molecule has 120 valence electrons. The maximum atomic E-state index is 13.0. The highest BCUT2D eigenvalue weighted by Crippen LogP contribution is 2.31. The van der Waals surface area contributed by atoms with E-state index in [1.165, 1.54) is 0 Å². The van der Waals surface area contributed by atoms with E-state index < -0.39 is 0 Å². The maximum absolute atomic E-state index is 13.0. The van der Waals surface area contributed by atoms with Gasteiger partial charge in [-0.3, -0.25) is 4.79 Å². The van der Waals surface area contributed by atoms with E-state index in [0.717, 1.165) is 37.2 Å². The summed E-state index contributed by atoms with van der Waals surface area (Å²) in [6.45, 7) is 8.79. The monoisotopic (exact) mass is 302 g/mol. The summed E-state index contributed by atoms with van der Waals surface area (Å²) < 4.78 is 5.40. The molecular weight excluding hydrogens is 276 g/mol. The van der Waals surface area contributed by atoms with Gasteiger partial charge in [0.15, 0.2) is 0 Å². The highest BCUT2D eigenvalue weighted by molar-refractivity contribution is 5.82. The molecule has 0 saturated carbocycles. The number of ether oxygens (including phenoxy) is 1. The Morgan fingerprint density at radius 2 is 2.09 bits per heavy atom. The summed E-state index contributed by atoms with van der Waals surface area (Å²) in [5.74, 6) is 1.03. The number of carbonyl (C=O) groups is 1. The van der Waals surface area contributed by atoms with Crippen LogP contribution in [0.3, 0.4) is 0 Å². The van der Waals surface area contributed by atoms with Crippen molar-refractivity contribution in [2.75, 3.05) is 26.7 Å². The van der Waals surface area contributed by atoms with E-state index in [9.17, 15) is 4.79 Å². The lowest BCUT2D eigenvalue weighted by Crippen LogP contribution is -2.47. The van der Waals surface area contributed by atoms with Crippen LogP contribution in [-0.2, 0) is 11.3 Å². The van der Waals surface area contributed by atoms with Crippen LogP contribution < -0.4 is 10.1 Å². The second-order valence-corrected chi connectivity index (χ2v) is 6.10. The third-order valence-corrected chi connectivity index (χ3v) is 4.41. The molecule has 1 aliphatic rings. The fourth-order valence-corrected chi connectivity index (χ4v) is 2.99. The number of piperidine rings is 1. The normalized spacial score (nSPS) is 16.8. The number of methoxy groups -OCH3 is 1. The van der Waals surface area contributed by atoms with E-state index in [1.54, 1.807) is 13.2 Å². The molecule has 1 aliphatic heterocycles. The predicted octanol–water partition coefficient (Wildman–Crippen LogP) is 2.60. The van der Waals surface area contributed by atoms with Crippen LogP contribution in [0.1, 0.15) is 25.3 Å². The van der Waals surface area contributed by atoms with Crippen molar-refractivity contribution in [1.29, 1.82) is 0 Å². The number of para-hydroxylation sites is 1. The molecule has 1 heterocycles. The molecule has 0 bridgehead atoms. The van der Waals surface area contributed by atoms with Gasteiger partial charge in [-0.15, -0.1) is 6.58 Å². The van der Waals surface area contributed by atoms with Crippen molar-refractivity contribution < 1.29 is 9.53 Å². The zero-order valence-electron chi connectivity index (χ0n) is 13.6. The second kappa shape index (κ2) is 7.45. The molecule has 4 nitrogen and oxygen atoms in total. The number of amides is 1.